The second-order valence-corrected chi connectivity index (χ2v) is 3.86. The minimum atomic E-state index is -0.869. The van der Waals surface area contributed by atoms with Crippen LogP contribution in [0.25, 0.3) is 16.0 Å². The Morgan fingerprint density at radius 2 is 2.00 bits per heavy atom. The lowest BCUT2D eigenvalue weighted by Gasteiger charge is -1.88. The monoisotopic (exact) mass is 211 g/mol. The molecule has 1 nitrogen and oxygen atoms in total. The van der Waals surface area contributed by atoms with Crippen molar-refractivity contribution in [2.24, 2.45) is 0 Å². The number of thiazole rings is 1. The van der Waals surface area contributed by atoms with Crippen LogP contribution in [0.15, 0.2) is 30.1 Å². The van der Waals surface area contributed by atoms with E-state index < -0.39 is 11.7 Å². The molecule has 1 aromatic heterocycles. The van der Waals surface area contributed by atoms with Gasteiger partial charge in [0.05, 0.1) is 10.2 Å². The molecule has 0 saturated carbocycles. The second kappa shape index (κ2) is 3.46. The first-order valence-electron chi connectivity index (χ1n) is 4.06. The summed E-state index contributed by atoms with van der Waals surface area (Å²) in [7, 11) is 0. The van der Waals surface area contributed by atoms with Gasteiger partial charge in [0, 0.05) is 0 Å². The van der Waals surface area contributed by atoms with Crippen LogP contribution in [-0.4, -0.2) is 4.98 Å². The van der Waals surface area contributed by atoms with Crippen LogP contribution < -0.4 is 0 Å². The lowest BCUT2D eigenvalue weighted by atomic mass is 10.3. The van der Waals surface area contributed by atoms with Crippen molar-refractivity contribution in [2.45, 2.75) is 6.92 Å². The molecule has 0 aliphatic heterocycles. The van der Waals surface area contributed by atoms with Crippen LogP contribution in [0, 0.1) is 0 Å². The van der Waals surface area contributed by atoms with Gasteiger partial charge in [-0.15, -0.1) is 11.3 Å². The van der Waals surface area contributed by atoms with Crippen LogP contribution in [0.1, 0.15) is 11.9 Å². The molecule has 2 rings (SSSR count). The average molecular weight is 211 g/mol. The number of halogens is 2. The van der Waals surface area contributed by atoms with Crippen LogP contribution in [-0.2, 0) is 0 Å². The Bertz CT molecular complexity index is 465. The van der Waals surface area contributed by atoms with E-state index in [1.54, 1.807) is 6.07 Å². The molecule has 72 valence electrons. The first-order valence-corrected chi connectivity index (χ1v) is 4.88. The summed E-state index contributed by atoms with van der Waals surface area (Å²) >= 11 is 1.15. The van der Waals surface area contributed by atoms with Crippen LogP contribution in [0.5, 0.6) is 0 Å². The molecule has 0 radical (unpaired) electrons. The topological polar surface area (TPSA) is 12.9 Å². The highest BCUT2D eigenvalue weighted by Gasteiger charge is 2.10. The number of benzene rings is 1. The van der Waals surface area contributed by atoms with Gasteiger partial charge in [0.1, 0.15) is 5.83 Å². The van der Waals surface area contributed by atoms with Gasteiger partial charge in [-0.1, -0.05) is 12.1 Å². The summed E-state index contributed by atoms with van der Waals surface area (Å²) in [5, 5.41) is 0.103. The van der Waals surface area contributed by atoms with E-state index in [0.717, 1.165) is 23.0 Å². The number of allylic oxidation sites excluding steroid dienone is 1. The molecular weight excluding hydrogens is 204 g/mol. The molecule has 0 fully saturated rings. The molecule has 4 heteroatoms. The number of aromatic nitrogens is 1. The molecule has 0 N–H and O–H groups in total. The number of nitrogens with zero attached hydrogens (tertiary/aromatic N) is 1. The summed E-state index contributed by atoms with van der Waals surface area (Å²) in [4.78, 5) is 3.98. The van der Waals surface area contributed by atoms with Crippen molar-refractivity contribution < 1.29 is 8.78 Å². The van der Waals surface area contributed by atoms with Crippen molar-refractivity contribution in [3.63, 3.8) is 0 Å². The SMILES string of the molecule is C/C(F)=C(\F)c1nc2ccccc2s1. The Hall–Kier alpha value is -1.29. The number of para-hydroxylation sites is 1. The van der Waals surface area contributed by atoms with Crippen molar-refractivity contribution in [1.82, 2.24) is 4.98 Å². The fourth-order valence-corrected chi connectivity index (χ4v) is 2.06. The molecule has 0 spiro atoms. The number of hydrogen-bond acceptors (Lipinski definition) is 2. The van der Waals surface area contributed by atoms with Crippen molar-refractivity contribution in [3.8, 4) is 0 Å². The van der Waals surface area contributed by atoms with E-state index in [1.165, 1.54) is 0 Å². The molecule has 0 atom stereocenters. The Labute approximate surface area is 83.7 Å². The van der Waals surface area contributed by atoms with Crippen molar-refractivity contribution in [3.05, 3.63) is 35.1 Å². The van der Waals surface area contributed by atoms with Gasteiger partial charge in [-0.05, 0) is 19.1 Å². The van der Waals surface area contributed by atoms with Gasteiger partial charge in [-0.3, -0.25) is 0 Å². The lowest BCUT2D eigenvalue weighted by molar-refractivity contribution is 0.606. The highest BCUT2D eigenvalue weighted by atomic mass is 32.1. The molecular formula is C10H7F2NS. The third-order valence-corrected chi connectivity index (χ3v) is 2.81. The molecule has 0 aliphatic carbocycles. The van der Waals surface area contributed by atoms with Gasteiger partial charge in [0.15, 0.2) is 10.8 Å². The van der Waals surface area contributed by atoms with E-state index in [9.17, 15) is 8.78 Å². The van der Waals surface area contributed by atoms with E-state index in [0.29, 0.717) is 5.52 Å². The largest absolute Gasteiger partial charge is 0.233 e. The maximum atomic E-state index is 13.1. The summed E-state index contributed by atoms with van der Waals surface area (Å²) in [5.41, 5.74) is 0.698. The Kier molecular flexibility index (Phi) is 2.29. The molecule has 1 heterocycles. The smallest absolute Gasteiger partial charge is 0.190 e. The Morgan fingerprint density at radius 1 is 1.29 bits per heavy atom. The molecule has 14 heavy (non-hydrogen) atoms. The normalized spacial score (nSPS) is 13.1. The van der Waals surface area contributed by atoms with Crippen molar-refractivity contribution >= 4 is 27.4 Å². The number of rotatable bonds is 1. The van der Waals surface area contributed by atoms with Crippen molar-refractivity contribution in [2.75, 3.05) is 0 Å². The van der Waals surface area contributed by atoms with Gasteiger partial charge in [0.25, 0.3) is 0 Å². The highest BCUT2D eigenvalue weighted by Crippen LogP contribution is 2.29. The highest BCUT2D eigenvalue weighted by molar-refractivity contribution is 7.19. The summed E-state index contributed by atoms with van der Waals surface area (Å²) in [5.74, 6) is -1.70. The van der Waals surface area contributed by atoms with Crippen LogP contribution in [0.3, 0.4) is 0 Å². The van der Waals surface area contributed by atoms with E-state index in [2.05, 4.69) is 4.98 Å². The molecule has 0 saturated heterocycles. The zero-order valence-corrected chi connectivity index (χ0v) is 8.24. The third kappa shape index (κ3) is 1.53. The second-order valence-electron chi connectivity index (χ2n) is 2.83. The fraction of sp³-hybridized carbons (Fsp3) is 0.100. The van der Waals surface area contributed by atoms with E-state index in [4.69, 9.17) is 0 Å². The molecule has 0 bridgehead atoms. The predicted octanol–water partition coefficient (Wildman–Crippen LogP) is 3.92. The molecule has 0 aliphatic rings. The standard InChI is InChI=1S/C10H7F2NS/c1-6(11)9(12)10-13-7-4-2-3-5-8(7)14-10/h2-5H,1H3/b9-6+. The maximum Gasteiger partial charge on any atom is 0.190 e. The molecule has 0 unspecified atom stereocenters. The minimum Gasteiger partial charge on any atom is -0.233 e. The third-order valence-electron chi connectivity index (χ3n) is 1.78. The summed E-state index contributed by atoms with van der Waals surface area (Å²) < 4.78 is 26.6. The fourth-order valence-electron chi connectivity index (χ4n) is 1.11. The van der Waals surface area contributed by atoms with Gasteiger partial charge < -0.3 is 0 Å². The zero-order valence-electron chi connectivity index (χ0n) is 7.42. The summed E-state index contributed by atoms with van der Waals surface area (Å²) in [6.07, 6.45) is 0. The Balaban J connectivity index is 2.61. The minimum absolute atomic E-state index is 0.103. The van der Waals surface area contributed by atoms with Crippen LogP contribution >= 0.6 is 11.3 Å². The van der Waals surface area contributed by atoms with E-state index >= 15 is 0 Å². The number of hydrogen-bond donors (Lipinski definition) is 0. The van der Waals surface area contributed by atoms with Crippen LogP contribution in [0.2, 0.25) is 0 Å². The zero-order chi connectivity index (χ0) is 10.1. The quantitative estimate of drug-likeness (QED) is 0.696. The van der Waals surface area contributed by atoms with Gasteiger partial charge in [-0.2, -0.15) is 0 Å². The van der Waals surface area contributed by atoms with Gasteiger partial charge in [-0.25, -0.2) is 13.8 Å². The lowest BCUT2D eigenvalue weighted by Crippen LogP contribution is -1.76. The maximum absolute atomic E-state index is 13.1. The van der Waals surface area contributed by atoms with Gasteiger partial charge >= 0.3 is 0 Å². The first kappa shape index (κ1) is 9.27. The number of fused-ring (bicyclic) bond motifs is 1. The van der Waals surface area contributed by atoms with Crippen molar-refractivity contribution in [1.29, 1.82) is 0 Å². The van der Waals surface area contributed by atoms with Gasteiger partial charge in [0.2, 0.25) is 0 Å². The van der Waals surface area contributed by atoms with Crippen LogP contribution in [0.4, 0.5) is 8.78 Å². The predicted molar refractivity (Wildman–Crippen MR) is 54.4 cm³/mol. The average Bonchev–Trinajstić information content (AvgIpc) is 2.59. The summed E-state index contributed by atoms with van der Waals surface area (Å²) in [6, 6.07) is 7.26. The first-order chi connectivity index (χ1) is 6.68. The molecule has 1 aromatic carbocycles. The molecule has 2 aromatic rings. The Morgan fingerprint density at radius 3 is 2.64 bits per heavy atom. The van der Waals surface area contributed by atoms with E-state index in [-0.39, 0.29) is 5.01 Å². The summed E-state index contributed by atoms with van der Waals surface area (Å²) in [6.45, 7) is 1.08. The molecule has 0 amide bonds. The van der Waals surface area contributed by atoms with E-state index in [1.807, 2.05) is 18.2 Å².